The SMILES string of the molecule is CCCSc1nc(C)cc(C)n1. The van der Waals surface area contributed by atoms with Crippen LogP contribution in [-0.2, 0) is 0 Å². The molecule has 0 spiro atoms. The lowest BCUT2D eigenvalue weighted by Gasteiger charge is -2.00. The molecule has 2 nitrogen and oxygen atoms in total. The summed E-state index contributed by atoms with van der Waals surface area (Å²) in [6.07, 6.45) is 1.17. The van der Waals surface area contributed by atoms with Gasteiger partial charge in [-0.15, -0.1) is 0 Å². The van der Waals surface area contributed by atoms with Gasteiger partial charge in [0.25, 0.3) is 0 Å². The van der Waals surface area contributed by atoms with Gasteiger partial charge in [-0.25, -0.2) is 9.97 Å². The van der Waals surface area contributed by atoms with Crippen molar-refractivity contribution in [3.05, 3.63) is 17.5 Å². The number of thioether (sulfide) groups is 1. The highest BCUT2D eigenvalue weighted by molar-refractivity contribution is 7.99. The van der Waals surface area contributed by atoms with Crippen molar-refractivity contribution < 1.29 is 0 Å². The third kappa shape index (κ3) is 2.81. The van der Waals surface area contributed by atoms with Gasteiger partial charge < -0.3 is 0 Å². The lowest BCUT2D eigenvalue weighted by Crippen LogP contribution is -1.92. The summed E-state index contributed by atoms with van der Waals surface area (Å²) in [5.41, 5.74) is 2.11. The summed E-state index contributed by atoms with van der Waals surface area (Å²) in [6, 6.07) is 2.00. The van der Waals surface area contributed by atoms with Crippen molar-refractivity contribution in [3.8, 4) is 0 Å². The molecule has 1 aromatic heterocycles. The summed E-state index contributed by atoms with van der Waals surface area (Å²) in [7, 11) is 0. The first-order chi connectivity index (χ1) is 5.72. The maximum absolute atomic E-state index is 4.32. The Kier molecular flexibility index (Phi) is 3.53. The topological polar surface area (TPSA) is 25.8 Å². The van der Waals surface area contributed by atoms with Gasteiger partial charge in [-0.3, -0.25) is 0 Å². The molecule has 0 fully saturated rings. The predicted molar refractivity (Wildman–Crippen MR) is 52.5 cm³/mol. The first kappa shape index (κ1) is 9.52. The van der Waals surface area contributed by atoms with Gasteiger partial charge in [0.2, 0.25) is 0 Å². The number of aryl methyl sites for hydroxylation is 2. The Morgan fingerprint density at radius 1 is 1.25 bits per heavy atom. The quantitative estimate of drug-likeness (QED) is 0.531. The van der Waals surface area contributed by atoms with Crippen molar-refractivity contribution in [2.45, 2.75) is 32.3 Å². The van der Waals surface area contributed by atoms with E-state index in [1.807, 2.05) is 19.9 Å². The highest BCUT2D eigenvalue weighted by Crippen LogP contribution is 2.14. The molecule has 0 bridgehead atoms. The number of rotatable bonds is 3. The van der Waals surface area contributed by atoms with Gasteiger partial charge in [0, 0.05) is 17.1 Å². The fraction of sp³-hybridized carbons (Fsp3) is 0.556. The summed E-state index contributed by atoms with van der Waals surface area (Å²) in [5.74, 6) is 1.10. The molecule has 0 aromatic carbocycles. The smallest absolute Gasteiger partial charge is 0.187 e. The standard InChI is InChI=1S/C9H14N2S/c1-4-5-12-9-10-7(2)6-8(3)11-9/h6H,4-5H2,1-3H3. The van der Waals surface area contributed by atoms with E-state index in [0.29, 0.717) is 0 Å². The van der Waals surface area contributed by atoms with Crippen LogP contribution in [0.25, 0.3) is 0 Å². The van der Waals surface area contributed by atoms with Crippen LogP contribution in [0.2, 0.25) is 0 Å². The van der Waals surface area contributed by atoms with E-state index in [2.05, 4.69) is 16.9 Å². The normalized spacial score (nSPS) is 10.2. The van der Waals surface area contributed by atoms with Crippen LogP contribution in [0.5, 0.6) is 0 Å². The number of hydrogen-bond donors (Lipinski definition) is 0. The van der Waals surface area contributed by atoms with Crippen molar-refractivity contribution in [1.29, 1.82) is 0 Å². The summed E-state index contributed by atoms with van der Waals surface area (Å²) < 4.78 is 0. The van der Waals surface area contributed by atoms with Crippen molar-refractivity contribution in [3.63, 3.8) is 0 Å². The molecular formula is C9H14N2S. The van der Waals surface area contributed by atoms with Crippen molar-refractivity contribution in [2.24, 2.45) is 0 Å². The molecule has 0 unspecified atom stereocenters. The summed E-state index contributed by atoms with van der Waals surface area (Å²) >= 11 is 1.73. The molecule has 0 saturated carbocycles. The summed E-state index contributed by atoms with van der Waals surface area (Å²) in [5, 5.41) is 0.911. The summed E-state index contributed by atoms with van der Waals surface area (Å²) in [4.78, 5) is 8.65. The molecule has 0 aliphatic carbocycles. The Bertz CT molecular complexity index is 240. The Morgan fingerprint density at radius 3 is 2.33 bits per heavy atom. The van der Waals surface area contributed by atoms with Crippen LogP contribution in [0, 0.1) is 13.8 Å². The molecule has 1 aromatic rings. The monoisotopic (exact) mass is 182 g/mol. The van der Waals surface area contributed by atoms with Crippen LogP contribution in [0.15, 0.2) is 11.2 Å². The highest BCUT2D eigenvalue weighted by atomic mass is 32.2. The van der Waals surface area contributed by atoms with Gasteiger partial charge in [0.05, 0.1) is 0 Å². The van der Waals surface area contributed by atoms with E-state index < -0.39 is 0 Å². The van der Waals surface area contributed by atoms with E-state index in [0.717, 1.165) is 22.3 Å². The maximum atomic E-state index is 4.32. The first-order valence-electron chi connectivity index (χ1n) is 4.17. The second kappa shape index (κ2) is 4.45. The molecule has 0 radical (unpaired) electrons. The third-order valence-electron chi connectivity index (χ3n) is 1.40. The molecular weight excluding hydrogens is 168 g/mol. The fourth-order valence-electron chi connectivity index (χ4n) is 0.951. The van der Waals surface area contributed by atoms with Crippen LogP contribution >= 0.6 is 11.8 Å². The lowest BCUT2D eigenvalue weighted by atomic mass is 10.4. The molecule has 66 valence electrons. The van der Waals surface area contributed by atoms with Gasteiger partial charge in [0.1, 0.15) is 0 Å². The van der Waals surface area contributed by atoms with Crippen molar-refractivity contribution >= 4 is 11.8 Å². The Hall–Kier alpha value is -0.570. The average Bonchev–Trinajstić information content (AvgIpc) is 1.99. The van der Waals surface area contributed by atoms with E-state index in [9.17, 15) is 0 Å². The van der Waals surface area contributed by atoms with Crippen LogP contribution in [0.1, 0.15) is 24.7 Å². The molecule has 1 heterocycles. The maximum Gasteiger partial charge on any atom is 0.187 e. The zero-order valence-corrected chi connectivity index (χ0v) is 8.61. The molecule has 0 N–H and O–H groups in total. The van der Waals surface area contributed by atoms with Gasteiger partial charge >= 0.3 is 0 Å². The number of hydrogen-bond acceptors (Lipinski definition) is 3. The van der Waals surface area contributed by atoms with Gasteiger partial charge in [-0.2, -0.15) is 0 Å². The van der Waals surface area contributed by atoms with Gasteiger partial charge in [-0.05, 0) is 26.3 Å². The Morgan fingerprint density at radius 2 is 1.83 bits per heavy atom. The fourth-order valence-corrected chi connectivity index (χ4v) is 1.76. The minimum Gasteiger partial charge on any atom is -0.228 e. The van der Waals surface area contributed by atoms with E-state index in [1.54, 1.807) is 11.8 Å². The van der Waals surface area contributed by atoms with Crippen molar-refractivity contribution in [1.82, 2.24) is 9.97 Å². The van der Waals surface area contributed by atoms with Crippen LogP contribution < -0.4 is 0 Å². The minimum atomic E-state index is 0.911. The minimum absolute atomic E-state index is 0.911. The zero-order chi connectivity index (χ0) is 8.97. The van der Waals surface area contributed by atoms with Crippen molar-refractivity contribution in [2.75, 3.05) is 5.75 Å². The summed E-state index contributed by atoms with van der Waals surface area (Å²) in [6.45, 7) is 6.17. The van der Waals surface area contributed by atoms with E-state index in [1.165, 1.54) is 6.42 Å². The molecule has 0 saturated heterocycles. The number of nitrogens with zero attached hydrogens (tertiary/aromatic N) is 2. The largest absolute Gasteiger partial charge is 0.228 e. The van der Waals surface area contributed by atoms with Crippen LogP contribution in [0.4, 0.5) is 0 Å². The van der Waals surface area contributed by atoms with Crippen LogP contribution in [-0.4, -0.2) is 15.7 Å². The van der Waals surface area contributed by atoms with E-state index in [4.69, 9.17) is 0 Å². The number of aromatic nitrogens is 2. The predicted octanol–water partition coefficient (Wildman–Crippen LogP) is 2.60. The second-order valence-electron chi connectivity index (χ2n) is 2.78. The Balaban J connectivity index is 2.72. The highest BCUT2D eigenvalue weighted by Gasteiger charge is 1.98. The van der Waals surface area contributed by atoms with E-state index >= 15 is 0 Å². The van der Waals surface area contributed by atoms with Gasteiger partial charge in [0.15, 0.2) is 5.16 Å². The molecule has 3 heteroatoms. The average molecular weight is 182 g/mol. The lowest BCUT2D eigenvalue weighted by molar-refractivity contribution is 0.899. The van der Waals surface area contributed by atoms with Crippen LogP contribution in [0.3, 0.4) is 0 Å². The van der Waals surface area contributed by atoms with Gasteiger partial charge in [-0.1, -0.05) is 18.7 Å². The molecule has 0 atom stereocenters. The first-order valence-corrected chi connectivity index (χ1v) is 5.16. The molecule has 0 aliphatic rings. The second-order valence-corrected chi connectivity index (χ2v) is 3.84. The molecule has 0 amide bonds. The zero-order valence-electron chi connectivity index (χ0n) is 7.79. The molecule has 0 aliphatic heterocycles. The molecule has 12 heavy (non-hydrogen) atoms. The Labute approximate surface area is 77.8 Å². The molecule has 1 rings (SSSR count). The third-order valence-corrected chi connectivity index (χ3v) is 2.45. The van der Waals surface area contributed by atoms with E-state index in [-0.39, 0.29) is 0 Å².